The lowest BCUT2D eigenvalue weighted by Crippen LogP contribution is -2.35. The van der Waals surface area contributed by atoms with Crippen molar-refractivity contribution in [2.75, 3.05) is 6.61 Å². The Bertz CT molecular complexity index is 225. The number of esters is 1. The Kier molecular flexibility index (Phi) is 4.53. The number of carbonyl (C=O) groups is 1. The van der Waals surface area contributed by atoms with Crippen LogP contribution in [0.15, 0.2) is 0 Å². The van der Waals surface area contributed by atoms with E-state index in [0.29, 0.717) is 6.61 Å². The van der Waals surface area contributed by atoms with Crippen molar-refractivity contribution in [2.24, 2.45) is 5.92 Å². The summed E-state index contributed by atoms with van der Waals surface area (Å²) in [5.41, 5.74) is -1.08. The van der Waals surface area contributed by atoms with Crippen LogP contribution in [-0.4, -0.2) is 23.0 Å². The largest absolute Gasteiger partial charge is 0.466 e. The number of hydrogen-bond acceptors (Lipinski definition) is 4. The van der Waals surface area contributed by atoms with Crippen molar-refractivity contribution >= 4 is 5.97 Å². The van der Waals surface area contributed by atoms with Crippen molar-refractivity contribution in [2.45, 2.75) is 39.7 Å². The summed E-state index contributed by atoms with van der Waals surface area (Å²) in [6.45, 7) is 6.67. The van der Waals surface area contributed by atoms with Crippen molar-refractivity contribution in [3.05, 3.63) is 10.1 Å². The predicted molar refractivity (Wildman–Crippen MR) is 51.5 cm³/mol. The first-order valence-electron chi connectivity index (χ1n) is 4.62. The highest BCUT2D eigenvalue weighted by molar-refractivity contribution is 5.72. The van der Waals surface area contributed by atoms with E-state index in [1.165, 1.54) is 13.8 Å². The molecule has 0 radical (unpaired) electrons. The molecule has 0 saturated heterocycles. The molecule has 0 unspecified atom stereocenters. The SMILES string of the molecule is CCOC(=O)[C@H](C)CC(C)(C)[N+](=O)[O-]. The van der Waals surface area contributed by atoms with Gasteiger partial charge in [-0.1, -0.05) is 6.92 Å². The summed E-state index contributed by atoms with van der Waals surface area (Å²) >= 11 is 0. The number of carbonyl (C=O) groups excluding carboxylic acids is 1. The summed E-state index contributed by atoms with van der Waals surface area (Å²) in [4.78, 5) is 21.4. The number of hydrogen-bond donors (Lipinski definition) is 0. The molecule has 5 heteroatoms. The third-order valence-electron chi connectivity index (χ3n) is 1.99. The van der Waals surface area contributed by atoms with Gasteiger partial charge < -0.3 is 4.74 Å². The number of nitro groups is 1. The predicted octanol–water partition coefficient (Wildman–Crippen LogP) is 1.63. The van der Waals surface area contributed by atoms with E-state index in [4.69, 9.17) is 4.74 Å². The molecule has 0 saturated carbocycles. The normalized spacial score (nSPS) is 13.4. The molecule has 14 heavy (non-hydrogen) atoms. The minimum Gasteiger partial charge on any atom is -0.466 e. The van der Waals surface area contributed by atoms with Gasteiger partial charge in [0.05, 0.1) is 12.5 Å². The maximum absolute atomic E-state index is 11.2. The molecule has 0 aromatic carbocycles. The average molecular weight is 203 g/mol. The lowest BCUT2D eigenvalue weighted by Gasteiger charge is -2.18. The molecule has 82 valence electrons. The van der Waals surface area contributed by atoms with Crippen molar-refractivity contribution < 1.29 is 14.5 Å². The second-order valence-electron chi connectivity index (χ2n) is 3.93. The summed E-state index contributed by atoms with van der Waals surface area (Å²) < 4.78 is 4.77. The maximum atomic E-state index is 11.2. The number of ether oxygens (including phenoxy) is 1. The van der Waals surface area contributed by atoms with E-state index < -0.39 is 11.5 Å². The highest BCUT2D eigenvalue weighted by Crippen LogP contribution is 2.20. The summed E-state index contributed by atoms with van der Waals surface area (Å²) in [6.07, 6.45) is 0.193. The zero-order valence-electron chi connectivity index (χ0n) is 9.07. The average Bonchev–Trinajstić information content (AvgIpc) is 2.03. The standard InChI is InChI=1S/C9H17NO4/c1-5-14-8(11)7(2)6-9(3,4)10(12)13/h7H,5-6H2,1-4H3/t7-/m1/s1. The van der Waals surface area contributed by atoms with E-state index >= 15 is 0 Å². The summed E-state index contributed by atoms with van der Waals surface area (Å²) in [7, 11) is 0. The van der Waals surface area contributed by atoms with Crippen molar-refractivity contribution in [3.8, 4) is 0 Å². The molecule has 5 nitrogen and oxygen atoms in total. The fraction of sp³-hybridized carbons (Fsp3) is 0.889. The van der Waals surface area contributed by atoms with Crippen LogP contribution in [0.2, 0.25) is 0 Å². The quantitative estimate of drug-likeness (QED) is 0.387. The molecular weight excluding hydrogens is 186 g/mol. The van der Waals surface area contributed by atoms with Gasteiger partial charge in [-0.2, -0.15) is 0 Å². The Labute approximate surface area is 83.6 Å². The third-order valence-corrected chi connectivity index (χ3v) is 1.99. The van der Waals surface area contributed by atoms with Gasteiger partial charge in [0.2, 0.25) is 5.54 Å². The maximum Gasteiger partial charge on any atom is 0.308 e. The van der Waals surface area contributed by atoms with Gasteiger partial charge in [0.25, 0.3) is 0 Å². The van der Waals surface area contributed by atoms with Crippen molar-refractivity contribution in [1.82, 2.24) is 0 Å². The minimum atomic E-state index is -1.08. The number of rotatable bonds is 5. The molecule has 0 aliphatic carbocycles. The van der Waals surface area contributed by atoms with E-state index in [-0.39, 0.29) is 17.3 Å². The van der Waals surface area contributed by atoms with E-state index in [9.17, 15) is 14.9 Å². The Morgan fingerprint density at radius 3 is 2.43 bits per heavy atom. The third kappa shape index (κ3) is 3.72. The van der Waals surface area contributed by atoms with Gasteiger partial charge in [-0.3, -0.25) is 14.9 Å². The fourth-order valence-electron chi connectivity index (χ4n) is 1.19. The molecule has 0 heterocycles. The van der Waals surface area contributed by atoms with Gasteiger partial charge >= 0.3 is 5.97 Å². The van der Waals surface area contributed by atoms with Gasteiger partial charge in [-0.05, 0) is 6.92 Å². The van der Waals surface area contributed by atoms with Crippen LogP contribution in [0.4, 0.5) is 0 Å². The summed E-state index contributed by atoms with van der Waals surface area (Å²) in [5, 5.41) is 10.6. The van der Waals surface area contributed by atoms with Crippen LogP contribution in [-0.2, 0) is 9.53 Å². The molecule has 0 N–H and O–H groups in total. The highest BCUT2D eigenvalue weighted by atomic mass is 16.6. The van der Waals surface area contributed by atoms with Gasteiger partial charge in [0, 0.05) is 25.2 Å². The van der Waals surface area contributed by atoms with Crippen molar-refractivity contribution in [1.29, 1.82) is 0 Å². The Balaban J connectivity index is 4.24. The first-order chi connectivity index (χ1) is 6.31. The van der Waals surface area contributed by atoms with Crippen LogP contribution in [0, 0.1) is 16.0 Å². The fourth-order valence-corrected chi connectivity index (χ4v) is 1.19. The van der Waals surface area contributed by atoms with Crippen LogP contribution in [0.25, 0.3) is 0 Å². The minimum absolute atomic E-state index is 0.193. The lowest BCUT2D eigenvalue weighted by atomic mass is 9.92. The summed E-state index contributed by atoms with van der Waals surface area (Å²) in [6, 6.07) is 0. The first kappa shape index (κ1) is 12.9. The molecule has 0 amide bonds. The van der Waals surface area contributed by atoms with Crippen LogP contribution in [0.5, 0.6) is 0 Å². The van der Waals surface area contributed by atoms with Crippen LogP contribution < -0.4 is 0 Å². The number of nitrogens with zero attached hydrogens (tertiary/aromatic N) is 1. The smallest absolute Gasteiger partial charge is 0.308 e. The Hall–Kier alpha value is -1.13. The lowest BCUT2D eigenvalue weighted by molar-refractivity contribution is -0.562. The Morgan fingerprint density at radius 1 is 1.57 bits per heavy atom. The van der Waals surface area contributed by atoms with Crippen LogP contribution in [0.1, 0.15) is 34.1 Å². The van der Waals surface area contributed by atoms with Gasteiger partial charge in [-0.15, -0.1) is 0 Å². The molecule has 0 aromatic heterocycles. The highest BCUT2D eigenvalue weighted by Gasteiger charge is 2.35. The van der Waals surface area contributed by atoms with Crippen molar-refractivity contribution in [3.63, 3.8) is 0 Å². The molecule has 0 rings (SSSR count). The zero-order valence-corrected chi connectivity index (χ0v) is 9.07. The first-order valence-corrected chi connectivity index (χ1v) is 4.62. The molecular formula is C9H17NO4. The van der Waals surface area contributed by atoms with Gasteiger partial charge in [0.1, 0.15) is 0 Å². The van der Waals surface area contributed by atoms with Crippen LogP contribution >= 0.6 is 0 Å². The molecule has 0 aliphatic rings. The zero-order chi connectivity index (χ0) is 11.4. The molecule has 0 aromatic rings. The molecule has 0 fully saturated rings. The van der Waals surface area contributed by atoms with E-state index in [1.807, 2.05) is 0 Å². The Morgan fingerprint density at radius 2 is 2.07 bits per heavy atom. The van der Waals surface area contributed by atoms with E-state index in [2.05, 4.69) is 0 Å². The molecule has 0 bridgehead atoms. The van der Waals surface area contributed by atoms with Gasteiger partial charge in [-0.25, -0.2) is 0 Å². The van der Waals surface area contributed by atoms with E-state index in [1.54, 1.807) is 13.8 Å². The summed E-state index contributed by atoms with van der Waals surface area (Å²) in [5.74, 6) is -0.808. The van der Waals surface area contributed by atoms with Gasteiger partial charge in [0.15, 0.2) is 0 Å². The topological polar surface area (TPSA) is 69.4 Å². The second-order valence-corrected chi connectivity index (χ2v) is 3.93. The van der Waals surface area contributed by atoms with E-state index in [0.717, 1.165) is 0 Å². The molecule has 0 aliphatic heterocycles. The molecule has 1 atom stereocenters. The second kappa shape index (κ2) is 4.93. The molecule has 0 spiro atoms. The monoisotopic (exact) mass is 203 g/mol. The van der Waals surface area contributed by atoms with Crippen LogP contribution in [0.3, 0.4) is 0 Å².